The summed E-state index contributed by atoms with van der Waals surface area (Å²) in [5.74, 6) is 0. The Kier molecular flexibility index (Phi) is 8.32. The molecule has 0 amide bonds. The second-order valence-electron chi connectivity index (χ2n) is 4.58. The fourth-order valence-corrected chi connectivity index (χ4v) is 1.63. The summed E-state index contributed by atoms with van der Waals surface area (Å²) in [7, 11) is 0. The van der Waals surface area contributed by atoms with Crippen molar-refractivity contribution >= 4 is 0 Å². The van der Waals surface area contributed by atoms with E-state index in [0.29, 0.717) is 6.42 Å². The van der Waals surface area contributed by atoms with Crippen molar-refractivity contribution in [1.29, 1.82) is 0 Å². The van der Waals surface area contributed by atoms with Crippen molar-refractivity contribution < 1.29 is 5.11 Å². The van der Waals surface area contributed by atoms with Crippen molar-refractivity contribution in [1.82, 2.24) is 4.98 Å². The lowest BCUT2D eigenvalue weighted by Gasteiger charge is -1.96. The highest BCUT2D eigenvalue weighted by Gasteiger charge is 1.90. The third-order valence-corrected chi connectivity index (χ3v) is 2.64. The maximum Gasteiger partial charge on any atom is 0.0546 e. The predicted molar refractivity (Wildman–Crippen MR) is 80.9 cm³/mol. The number of pyridine rings is 1. The van der Waals surface area contributed by atoms with Gasteiger partial charge in [0.25, 0.3) is 0 Å². The average Bonchev–Trinajstić information content (AvgIpc) is 2.42. The first-order valence-corrected chi connectivity index (χ1v) is 6.84. The lowest BCUT2D eigenvalue weighted by atomic mass is 10.1. The zero-order valence-corrected chi connectivity index (χ0v) is 11.6. The number of aliphatic hydroxyl groups is 1. The molecule has 0 bridgehead atoms. The van der Waals surface area contributed by atoms with Crippen molar-refractivity contribution in [2.45, 2.75) is 38.7 Å². The molecule has 0 aliphatic heterocycles. The highest BCUT2D eigenvalue weighted by Crippen LogP contribution is 2.03. The van der Waals surface area contributed by atoms with Gasteiger partial charge in [0.05, 0.1) is 6.10 Å². The molecule has 0 radical (unpaired) electrons. The first kappa shape index (κ1) is 15.4. The van der Waals surface area contributed by atoms with Gasteiger partial charge in [-0.2, -0.15) is 0 Å². The topological polar surface area (TPSA) is 33.1 Å². The van der Waals surface area contributed by atoms with Crippen molar-refractivity contribution in [3.63, 3.8) is 0 Å². The molecule has 102 valence electrons. The minimum Gasteiger partial charge on any atom is -0.393 e. The molecule has 0 spiro atoms. The molecular weight excluding hydrogens is 234 g/mol. The summed E-state index contributed by atoms with van der Waals surface area (Å²) in [6.07, 6.45) is 19.7. The Balaban J connectivity index is 2.07. The van der Waals surface area contributed by atoms with Crippen LogP contribution in [0.15, 0.2) is 61.0 Å². The van der Waals surface area contributed by atoms with E-state index in [4.69, 9.17) is 5.11 Å². The number of aliphatic hydroxyl groups excluding tert-OH is 1. The van der Waals surface area contributed by atoms with Gasteiger partial charge in [-0.15, -0.1) is 0 Å². The molecule has 1 aromatic heterocycles. The van der Waals surface area contributed by atoms with Crippen LogP contribution in [0.3, 0.4) is 0 Å². The molecule has 0 aliphatic carbocycles. The zero-order valence-electron chi connectivity index (χ0n) is 11.6. The van der Waals surface area contributed by atoms with Crippen LogP contribution in [0.5, 0.6) is 0 Å². The Morgan fingerprint density at radius 1 is 1.21 bits per heavy atom. The number of unbranched alkanes of at least 4 members (excludes halogenated alkanes) is 1. The highest BCUT2D eigenvalue weighted by atomic mass is 16.3. The minimum atomic E-state index is -0.257. The minimum absolute atomic E-state index is 0.257. The van der Waals surface area contributed by atoms with E-state index in [0.717, 1.165) is 19.3 Å². The van der Waals surface area contributed by atoms with Crippen LogP contribution >= 0.6 is 0 Å². The maximum absolute atomic E-state index is 9.05. The van der Waals surface area contributed by atoms with Crippen molar-refractivity contribution in [3.8, 4) is 0 Å². The lowest BCUT2D eigenvalue weighted by Crippen LogP contribution is -1.94. The van der Waals surface area contributed by atoms with Crippen LogP contribution in [-0.2, 0) is 6.42 Å². The summed E-state index contributed by atoms with van der Waals surface area (Å²) < 4.78 is 0. The Morgan fingerprint density at radius 2 is 2.00 bits per heavy atom. The van der Waals surface area contributed by atoms with E-state index in [1.54, 1.807) is 13.1 Å². The average molecular weight is 257 g/mol. The third kappa shape index (κ3) is 8.97. The van der Waals surface area contributed by atoms with E-state index >= 15 is 0 Å². The quantitative estimate of drug-likeness (QED) is 0.567. The molecule has 1 N–H and O–H groups in total. The van der Waals surface area contributed by atoms with Crippen LogP contribution in [-0.4, -0.2) is 16.2 Å². The summed E-state index contributed by atoms with van der Waals surface area (Å²) in [5, 5.41) is 9.05. The van der Waals surface area contributed by atoms with Gasteiger partial charge in [-0.05, 0) is 44.2 Å². The molecule has 1 unspecified atom stereocenters. The lowest BCUT2D eigenvalue weighted by molar-refractivity contribution is 0.198. The molecular formula is C17H23NO. The molecule has 1 heterocycles. The molecule has 2 heteroatoms. The molecule has 0 aromatic carbocycles. The summed E-state index contributed by atoms with van der Waals surface area (Å²) >= 11 is 0. The standard InChI is InChI=1S/C17H23NO/c1-16(19)11-8-6-4-2-3-5-7-9-12-17-13-10-14-18-15-17/h2-6,8,10,13-16,19H,7,9,11-12H2,1H3. The summed E-state index contributed by atoms with van der Waals surface area (Å²) in [4.78, 5) is 4.10. The van der Waals surface area contributed by atoms with Crippen molar-refractivity contribution in [3.05, 3.63) is 66.5 Å². The fourth-order valence-electron chi connectivity index (χ4n) is 1.63. The van der Waals surface area contributed by atoms with E-state index in [1.807, 2.05) is 36.6 Å². The number of nitrogens with zero attached hydrogens (tertiary/aromatic N) is 1. The molecule has 0 saturated heterocycles. The van der Waals surface area contributed by atoms with Gasteiger partial charge in [-0.25, -0.2) is 0 Å². The Hall–Kier alpha value is -1.67. The molecule has 2 nitrogen and oxygen atoms in total. The van der Waals surface area contributed by atoms with Gasteiger partial charge >= 0.3 is 0 Å². The SMILES string of the molecule is CC(O)CC=CC=CC=CCCCc1cccnc1. The normalized spacial score (nSPS) is 13.8. The second-order valence-corrected chi connectivity index (χ2v) is 4.58. The van der Waals surface area contributed by atoms with E-state index in [1.165, 1.54) is 5.56 Å². The van der Waals surface area contributed by atoms with Crippen LogP contribution in [0.1, 0.15) is 31.7 Å². The number of hydrogen-bond donors (Lipinski definition) is 1. The summed E-state index contributed by atoms with van der Waals surface area (Å²) in [6, 6.07) is 4.09. The van der Waals surface area contributed by atoms with Crippen molar-refractivity contribution in [2.24, 2.45) is 0 Å². The van der Waals surface area contributed by atoms with E-state index in [-0.39, 0.29) is 6.10 Å². The van der Waals surface area contributed by atoms with Crippen LogP contribution in [0, 0.1) is 0 Å². The summed E-state index contributed by atoms with van der Waals surface area (Å²) in [5.41, 5.74) is 1.30. The number of aryl methyl sites for hydroxylation is 1. The van der Waals surface area contributed by atoms with Gasteiger partial charge in [-0.1, -0.05) is 42.5 Å². The van der Waals surface area contributed by atoms with E-state index < -0.39 is 0 Å². The van der Waals surface area contributed by atoms with E-state index in [2.05, 4.69) is 23.2 Å². The number of allylic oxidation sites excluding steroid dienone is 5. The van der Waals surface area contributed by atoms with E-state index in [9.17, 15) is 0 Å². The van der Waals surface area contributed by atoms with Gasteiger partial charge in [0.15, 0.2) is 0 Å². The Labute approximate surface area is 116 Å². The molecule has 0 aliphatic rings. The monoisotopic (exact) mass is 257 g/mol. The zero-order chi connectivity index (χ0) is 13.8. The van der Waals surface area contributed by atoms with Crippen LogP contribution in [0.2, 0.25) is 0 Å². The van der Waals surface area contributed by atoms with Gasteiger partial charge in [0.2, 0.25) is 0 Å². The van der Waals surface area contributed by atoms with Crippen LogP contribution in [0.4, 0.5) is 0 Å². The molecule has 1 aromatic rings. The largest absolute Gasteiger partial charge is 0.393 e. The Bertz CT molecular complexity index is 405. The number of rotatable bonds is 8. The molecule has 1 rings (SSSR count). The van der Waals surface area contributed by atoms with Crippen LogP contribution in [0.25, 0.3) is 0 Å². The van der Waals surface area contributed by atoms with Gasteiger partial charge in [-0.3, -0.25) is 4.98 Å². The van der Waals surface area contributed by atoms with Crippen molar-refractivity contribution in [2.75, 3.05) is 0 Å². The van der Waals surface area contributed by atoms with Crippen LogP contribution < -0.4 is 0 Å². The highest BCUT2D eigenvalue weighted by molar-refractivity contribution is 5.12. The van der Waals surface area contributed by atoms with Gasteiger partial charge in [0, 0.05) is 12.4 Å². The number of aromatic nitrogens is 1. The summed E-state index contributed by atoms with van der Waals surface area (Å²) in [6.45, 7) is 1.79. The maximum atomic E-state index is 9.05. The predicted octanol–water partition coefficient (Wildman–Crippen LogP) is 3.84. The fraction of sp³-hybridized carbons (Fsp3) is 0.353. The molecule has 0 saturated carbocycles. The smallest absolute Gasteiger partial charge is 0.0546 e. The van der Waals surface area contributed by atoms with Gasteiger partial charge in [0.1, 0.15) is 0 Å². The molecule has 19 heavy (non-hydrogen) atoms. The molecule has 1 atom stereocenters. The first-order chi connectivity index (χ1) is 9.29. The van der Waals surface area contributed by atoms with Gasteiger partial charge < -0.3 is 5.11 Å². The Morgan fingerprint density at radius 3 is 2.68 bits per heavy atom. The molecule has 0 fully saturated rings. The number of hydrogen-bond acceptors (Lipinski definition) is 2. The first-order valence-electron chi connectivity index (χ1n) is 6.84. The second kappa shape index (κ2) is 10.3. The third-order valence-electron chi connectivity index (χ3n) is 2.64.